The van der Waals surface area contributed by atoms with Gasteiger partial charge in [0.2, 0.25) is 10.0 Å². The summed E-state index contributed by atoms with van der Waals surface area (Å²) in [7, 11) is -3.49. The summed E-state index contributed by atoms with van der Waals surface area (Å²) in [5, 5.41) is 10.2. The highest BCUT2D eigenvalue weighted by Gasteiger charge is 2.30. The molecular weight excluding hydrogens is 357 g/mol. The third-order valence-corrected chi connectivity index (χ3v) is 4.50. The molecule has 1 aromatic heterocycles. The lowest BCUT2D eigenvalue weighted by Gasteiger charge is -2.10. The van der Waals surface area contributed by atoms with Crippen LogP contribution in [-0.2, 0) is 16.2 Å². The number of halogens is 3. The fourth-order valence-electron chi connectivity index (χ4n) is 1.92. The molecule has 0 spiro atoms. The molecule has 25 heavy (non-hydrogen) atoms. The highest BCUT2D eigenvalue weighted by Crippen LogP contribution is 2.31. The number of alkyl halides is 3. The second-order valence-corrected chi connectivity index (χ2v) is 7.12. The Morgan fingerprint density at radius 3 is 2.36 bits per heavy atom. The lowest BCUT2D eigenvalue weighted by molar-refractivity contribution is -0.137. The maximum absolute atomic E-state index is 12.7. The second kappa shape index (κ2) is 7.68. The molecule has 0 saturated heterocycles. The summed E-state index contributed by atoms with van der Waals surface area (Å²) in [6.45, 7) is 1.88. The van der Waals surface area contributed by atoms with Crippen LogP contribution in [0.2, 0.25) is 0 Å². The molecule has 2 aromatic rings. The zero-order chi connectivity index (χ0) is 18.5. The first-order chi connectivity index (χ1) is 11.7. The van der Waals surface area contributed by atoms with E-state index in [0.717, 1.165) is 18.6 Å². The number of aromatic nitrogens is 2. The fourth-order valence-corrected chi connectivity index (χ4v) is 3.12. The van der Waals surface area contributed by atoms with Gasteiger partial charge in [-0.15, -0.1) is 10.2 Å². The predicted molar refractivity (Wildman–Crippen MR) is 89.1 cm³/mol. The van der Waals surface area contributed by atoms with Gasteiger partial charge in [-0.05, 0) is 36.8 Å². The van der Waals surface area contributed by atoms with E-state index in [4.69, 9.17) is 0 Å². The van der Waals surface area contributed by atoms with Gasteiger partial charge in [-0.3, -0.25) is 4.72 Å². The highest BCUT2D eigenvalue weighted by atomic mass is 32.2. The van der Waals surface area contributed by atoms with Crippen molar-refractivity contribution in [3.05, 3.63) is 42.0 Å². The van der Waals surface area contributed by atoms with Crippen molar-refractivity contribution in [1.82, 2.24) is 10.2 Å². The monoisotopic (exact) mass is 374 g/mol. The Morgan fingerprint density at radius 1 is 1.08 bits per heavy atom. The first-order valence-corrected chi connectivity index (χ1v) is 9.13. The zero-order valence-electron chi connectivity index (χ0n) is 13.3. The van der Waals surface area contributed by atoms with Crippen LogP contribution in [0.15, 0.2) is 36.4 Å². The number of nitrogens with one attached hydrogen (secondary N) is 2. The van der Waals surface area contributed by atoms with E-state index in [9.17, 15) is 21.6 Å². The number of sulfonamides is 1. The third-order valence-electron chi connectivity index (χ3n) is 3.15. The minimum Gasteiger partial charge on any atom is -0.339 e. The van der Waals surface area contributed by atoms with Crippen molar-refractivity contribution in [3.63, 3.8) is 0 Å². The Balaban J connectivity index is 2.06. The van der Waals surface area contributed by atoms with Crippen molar-refractivity contribution >= 4 is 27.3 Å². The average Bonchev–Trinajstić information content (AvgIpc) is 2.54. The van der Waals surface area contributed by atoms with Crippen LogP contribution in [0.1, 0.15) is 25.3 Å². The number of hydrogen-bond acceptors (Lipinski definition) is 5. The largest absolute Gasteiger partial charge is 0.416 e. The minimum atomic E-state index is -4.44. The molecule has 2 N–H and O–H groups in total. The highest BCUT2D eigenvalue weighted by molar-refractivity contribution is 7.92. The number of hydrogen-bond donors (Lipinski definition) is 2. The van der Waals surface area contributed by atoms with Gasteiger partial charge in [-0.2, -0.15) is 13.2 Å². The normalized spacial score (nSPS) is 12.0. The van der Waals surface area contributed by atoms with Crippen molar-refractivity contribution < 1.29 is 21.6 Å². The van der Waals surface area contributed by atoms with E-state index in [1.165, 1.54) is 24.3 Å². The molecule has 0 aliphatic carbocycles. The molecule has 0 aliphatic heterocycles. The van der Waals surface area contributed by atoms with Gasteiger partial charge in [0.05, 0.1) is 11.3 Å². The summed E-state index contributed by atoms with van der Waals surface area (Å²) in [6, 6.07) is 7.44. The summed E-state index contributed by atoms with van der Waals surface area (Å²) in [5.41, 5.74) is -0.592. The molecule has 0 radical (unpaired) electrons. The van der Waals surface area contributed by atoms with Crippen molar-refractivity contribution in [2.24, 2.45) is 0 Å². The standard InChI is InChI=1S/C15H17F3N4O2S/c1-2-3-9-25(23,24)22-14-8-7-13(20-21-14)19-12-6-4-5-11(10-12)15(16,17)18/h4-8,10H,2-3,9H2,1H3,(H,19,20)(H,21,22). The Hall–Kier alpha value is -2.36. The second-order valence-electron chi connectivity index (χ2n) is 5.28. The molecule has 0 unspecified atom stereocenters. The van der Waals surface area contributed by atoms with Gasteiger partial charge >= 0.3 is 6.18 Å². The number of rotatable bonds is 7. The molecule has 0 atom stereocenters. The Labute approximate surface area is 143 Å². The summed E-state index contributed by atoms with van der Waals surface area (Å²) in [5.74, 6) is 0.219. The fraction of sp³-hybridized carbons (Fsp3) is 0.333. The van der Waals surface area contributed by atoms with E-state index in [1.54, 1.807) is 0 Å². The van der Waals surface area contributed by atoms with Crippen molar-refractivity contribution in [2.75, 3.05) is 15.8 Å². The van der Waals surface area contributed by atoms with E-state index < -0.39 is 21.8 Å². The number of unbranched alkanes of at least 4 members (excludes halogenated alkanes) is 1. The molecule has 1 aromatic carbocycles. The van der Waals surface area contributed by atoms with Crippen LogP contribution in [0.4, 0.5) is 30.5 Å². The van der Waals surface area contributed by atoms with Crippen LogP contribution in [0, 0.1) is 0 Å². The van der Waals surface area contributed by atoms with Crippen LogP contribution in [-0.4, -0.2) is 24.4 Å². The Kier molecular flexibility index (Phi) is 5.83. The lowest BCUT2D eigenvalue weighted by atomic mass is 10.2. The van der Waals surface area contributed by atoms with Crippen LogP contribution in [0.5, 0.6) is 0 Å². The minimum absolute atomic E-state index is 0.0184. The lowest BCUT2D eigenvalue weighted by Crippen LogP contribution is -2.17. The topological polar surface area (TPSA) is 84.0 Å². The van der Waals surface area contributed by atoms with Gasteiger partial charge < -0.3 is 5.32 Å². The third kappa shape index (κ3) is 5.89. The number of nitrogens with zero attached hydrogens (tertiary/aromatic N) is 2. The Morgan fingerprint density at radius 2 is 1.76 bits per heavy atom. The van der Waals surface area contributed by atoms with E-state index in [1.807, 2.05) is 6.92 Å². The van der Waals surface area contributed by atoms with Crippen LogP contribution < -0.4 is 10.0 Å². The van der Waals surface area contributed by atoms with Gasteiger partial charge in [0.15, 0.2) is 11.6 Å². The van der Waals surface area contributed by atoms with Crippen molar-refractivity contribution in [3.8, 4) is 0 Å². The smallest absolute Gasteiger partial charge is 0.339 e. The SMILES string of the molecule is CCCCS(=O)(=O)Nc1ccc(Nc2cccc(C(F)(F)F)c2)nn1. The molecule has 136 valence electrons. The zero-order valence-corrected chi connectivity index (χ0v) is 14.2. The van der Waals surface area contributed by atoms with Crippen LogP contribution in [0.3, 0.4) is 0 Å². The van der Waals surface area contributed by atoms with Gasteiger partial charge in [-0.1, -0.05) is 19.4 Å². The molecular formula is C15H17F3N4O2S. The van der Waals surface area contributed by atoms with Gasteiger partial charge in [0, 0.05) is 5.69 Å². The summed E-state index contributed by atoms with van der Waals surface area (Å²) < 4.78 is 63.9. The molecule has 2 rings (SSSR count). The van der Waals surface area contributed by atoms with E-state index in [0.29, 0.717) is 6.42 Å². The summed E-state index contributed by atoms with van der Waals surface area (Å²) in [4.78, 5) is 0. The van der Waals surface area contributed by atoms with Crippen LogP contribution >= 0.6 is 0 Å². The molecule has 6 nitrogen and oxygen atoms in total. The molecule has 0 amide bonds. The van der Waals surface area contributed by atoms with Gasteiger partial charge in [-0.25, -0.2) is 8.42 Å². The molecule has 10 heteroatoms. The van der Waals surface area contributed by atoms with Gasteiger partial charge in [0.25, 0.3) is 0 Å². The molecule has 0 aliphatic rings. The maximum atomic E-state index is 12.7. The van der Waals surface area contributed by atoms with Gasteiger partial charge in [0.1, 0.15) is 0 Å². The quantitative estimate of drug-likeness (QED) is 0.771. The summed E-state index contributed by atoms with van der Waals surface area (Å²) in [6.07, 6.45) is -3.17. The number of anilines is 3. The van der Waals surface area contributed by atoms with E-state index >= 15 is 0 Å². The maximum Gasteiger partial charge on any atom is 0.416 e. The Bertz CT molecular complexity index is 808. The predicted octanol–water partition coefficient (Wildman–Crippen LogP) is 3.78. The number of benzene rings is 1. The van der Waals surface area contributed by atoms with E-state index in [2.05, 4.69) is 20.2 Å². The average molecular weight is 374 g/mol. The molecule has 1 heterocycles. The summed E-state index contributed by atoms with van der Waals surface area (Å²) >= 11 is 0. The van der Waals surface area contributed by atoms with E-state index in [-0.39, 0.29) is 23.1 Å². The molecule has 0 fully saturated rings. The molecule has 0 saturated carbocycles. The first kappa shape index (κ1) is 19.0. The molecule has 0 bridgehead atoms. The van der Waals surface area contributed by atoms with Crippen LogP contribution in [0.25, 0.3) is 0 Å². The first-order valence-electron chi connectivity index (χ1n) is 7.48. The van der Waals surface area contributed by atoms with Crippen molar-refractivity contribution in [1.29, 1.82) is 0 Å². The van der Waals surface area contributed by atoms with Crippen molar-refractivity contribution in [2.45, 2.75) is 25.9 Å².